The summed E-state index contributed by atoms with van der Waals surface area (Å²) in [6.07, 6.45) is 2.55. The molecule has 19 heavy (non-hydrogen) atoms. The van der Waals surface area contributed by atoms with Crippen LogP contribution >= 0.6 is 23.2 Å². The topological polar surface area (TPSA) is 58.2 Å². The maximum Gasteiger partial charge on any atom is 0.242 e. The van der Waals surface area contributed by atoms with Gasteiger partial charge in [0, 0.05) is 11.1 Å². The van der Waals surface area contributed by atoms with Crippen molar-refractivity contribution in [1.29, 1.82) is 0 Å². The highest BCUT2D eigenvalue weighted by atomic mass is 35.5. The lowest BCUT2D eigenvalue weighted by molar-refractivity contribution is 0.518. The van der Waals surface area contributed by atoms with E-state index in [1.807, 2.05) is 0 Å². The van der Waals surface area contributed by atoms with Crippen LogP contribution in [0.4, 0.5) is 0 Å². The van der Waals surface area contributed by atoms with Crippen molar-refractivity contribution in [1.82, 2.24) is 10.0 Å². The van der Waals surface area contributed by atoms with Gasteiger partial charge in [-0.2, -0.15) is 0 Å². The first-order chi connectivity index (χ1) is 8.99. The van der Waals surface area contributed by atoms with E-state index < -0.39 is 10.0 Å². The Hall–Kier alpha value is -0.330. The summed E-state index contributed by atoms with van der Waals surface area (Å²) in [4.78, 5) is 0.0406. The molecule has 0 aromatic heterocycles. The minimum absolute atomic E-state index is 0.0406. The number of hydrogen-bond acceptors (Lipinski definition) is 3. The first-order valence-electron chi connectivity index (χ1n) is 6.17. The summed E-state index contributed by atoms with van der Waals surface area (Å²) in [5.74, 6) is 0. The van der Waals surface area contributed by atoms with Gasteiger partial charge in [-0.1, -0.05) is 23.2 Å². The van der Waals surface area contributed by atoms with Crippen LogP contribution in [0.2, 0.25) is 10.0 Å². The first-order valence-corrected chi connectivity index (χ1v) is 8.41. The Balaban J connectivity index is 2.19. The van der Waals surface area contributed by atoms with Gasteiger partial charge in [-0.15, -0.1) is 0 Å². The summed E-state index contributed by atoms with van der Waals surface area (Å²) < 4.78 is 27.3. The number of hydrogen-bond donors (Lipinski definition) is 2. The van der Waals surface area contributed by atoms with E-state index in [-0.39, 0.29) is 16.0 Å². The van der Waals surface area contributed by atoms with E-state index in [4.69, 9.17) is 23.2 Å². The predicted molar refractivity (Wildman–Crippen MR) is 77.3 cm³/mol. The smallest absolute Gasteiger partial charge is 0.242 e. The second-order valence-corrected chi connectivity index (χ2v) is 7.10. The number of rotatable bonds is 3. The SMILES string of the molecule is O=S(=O)(NC1CCCNCC1)c1cc(Cl)ccc1Cl. The van der Waals surface area contributed by atoms with E-state index in [0.717, 1.165) is 32.4 Å². The fraction of sp³-hybridized carbons (Fsp3) is 0.500. The molecule has 2 rings (SSSR count). The zero-order valence-corrected chi connectivity index (χ0v) is 12.7. The third kappa shape index (κ3) is 4.07. The van der Waals surface area contributed by atoms with Crippen LogP contribution in [0.1, 0.15) is 19.3 Å². The molecule has 1 saturated heterocycles. The minimum Gasteiger partial charge on any atom is -0.317 e. The molecule has 1 aromatic carbocycles. The Bertz CT molecular complexity index is 541. The summed E-state index contributed by atoms with van der Waals surface area (Å²) in [7, 11) is -3.62. The Labute approximate surface area is 123 Å². The van der Waals surface area contributed by atoms with Crippen molar-refractivity contribution in [2.24, 2.45) is 0 Å². The second-order valence-electron chi connectivity index (χ2n) is 4.57. The van der Waals surface area contributed by atoms with Gasteiger partial charge in [0.15, 0.2) is 0 Å². The Morgan fingerprint density at radius 1 is 1.21 bits per heavy atom. The average molecular weight is 323 g/mol. The second kappa shape index (κ2) is 6.41. The summed E-state index contributed by atoms with van der Waals surface area (Å²) in [6, 6.07) is 4.38. The number of benzene rings is 1. The van der Waals surface area contributed by atoms with Crippen LogP contribution in [-0.4, -0.2) is 27.5 Å². The van der Waals surface area contributed by atoms with Crippen molar-refractivity contribution < 1.29 is 8.42 Å². The van der Waals surface area contributed by atoms with Crippen molar-refractivity contribution in [3.8, 4) is 0 Å². The molecule has 1 unspecified atom stereocenters. The van der Waals surface area contributed by atoms with E-state index in [1.54, 1.807) is 6.07 Å². The molecule has 0 spiro atoms. The van der Waals surface area contributed by atoms with Gasteiger partial charge in [0.1, 0.15) is 4.90 Å². The van der Waals surface area contributed by atoms with Crippen LogP contribution in [0.25, 0.3) is 0 Å². The minimum atomic E-state index is -3.62. The molecule has 1 heterocycles. The average Bonchev–Trinajstić information content (AvgIpc) is 2.60. The third-order valence-electron chi connectivity index (χ3n) is 3.08. The van der Waals surface area contributed by atoms with E-state index >= 15 is 0 Å². The Morgan fingerprint density at radius 2 is 2.00 bits per heavy atom. The molecule has 1 atom stereocenters. The molecule has 106 valence electrons. The summed E-state index contributed by atoms with van der Waals surface area (Å²) in [5.41, 5.74) is 0. The number of nitrogens with one attached hydrogen (secondary N) is 2. The van der Waals surface area contributed by atoms with Crippen molar-refractivity contribution in [3.63, 3.8) is 0 Å². The molecule has 1 aliphatic heterocycles. The van der Waals surface area contributed by atoms with Crippen LogP contribution in [0, 0.1) is 0 Å². The van der Waals surface area contributed by atoms with Gasteiger partial charge in [0.25, 0.3) is 0 Å². The zero-order chi connectivity index (χ0) is 13.9. The van der Waals surface area contributed by atoms with Crippen LogP contribution in [0.15, 0.2) is 23.1 Å². The highest BCUT2D eigenvalue weighted by molar-refractivity contribution is 7.89. The van der Waals surface area contributed by atoms with E-state index in [1.165, 1.54) is 12.1 Å². The van der Waals surface area contributed by atoms with E-state index in [9.17, 15) is 8.42 Å². The number of sulfonamides is 1. The lowest BCUT2D eigenvalue weighted by Crippen LogP contribution is -2.35. The van der Waals surface area contributed by atoms with E-state index in [2.05, 4.69) is 10.0 Å². The normalized spacial score (nSPS) is 21.1. The fourth-order valence-electron chi connectivity index (χ4n) is 2.10. The van der Waals surface area contributed by atoms with Gasteiger partial charge in [-0.05, 0) is 50.6 Å². The van der Waals surface area contributed by atoms with Crippen LogP contribution in [-0.2, 0) is 10.0 Å². The van der Waals surface area contributed by atoms with Crippen LogP contribution < -0.4 is 10.0 Å². The molecule has 0 saturated carbocycles. The first kappa shape index (κ1) is 15.1. The zero-order valence-electron chi connectivity index (χ0n) is 10.3. The standard InChI is InChI=1S/C12H16Cl2N2O2S/c13-9-3-4-11(14)12(8-9)19(17,18)16-10-2-1-6-15-7-5-10/h3-4,8,10,15-16H,1-2,5-7H2. The highest BCUT2D eigenvalue weighted by Gasteiger charge is 2.23. The van der Waals surface area contributed by atoms with Gasteiger partial charge in [-0.3, -0.25) is 0 Å². The third-order valence-corrected chi connectivity index (χ3v) is 5.32. The van der Waals surface area contributed by atoms with Crippen LogP contribution in [0.3, 0.4) is 0 Å². The van der Waals surface area contributed by atoms with Gasteiger partial charge in [-0.25, -0.2) is 13.1 Å². The van der Waals surface area contributed by atoms with Crippen molar-refractivity contribution in [2.75, 3.05) is 13.1 Å². The number of halogens is 2. The summed E-state index contributed by atoms with van der Waals surface area (Å²) in [5, 5.41) is 3.78. The lowest BCUT2D eigenvalue weighted by Gasteiger charge is -2.16. The molecule has 1 aliphatic rings. The van der Waals surface area contributed by atoms with Gasteiger partial charge in [0.2, 0.25) is 10.0 Å². The predicted octanol–water partition coefficient (Wildman–Crippen LogP) is 2.41. The van der Waals surface area contributed by atoms with Crippen molar-refractivity contribution >= 4 is 33.2 Å². The van der Waals surface area contributed by atoms with Crippen molar-refractivity contribution in [3.05, 3.63) is 28.2 Å². The molecule has 7 heteroatoms. The molecule has 0 amide bonds. The maximum absolute atomic E-state index is 12.3. The monoisotopic (exact) mass is 322 g/mol. The summed E-state index contributed by atoms with van der Waals surface area (Å²) in [6.45, 7) is 1.74. The van der Waals surface area contributed by atoms with Gasteiger partial charge < -0.3 is 5.32 Å². The lowest BCUT2D eigenvalue weighted by atomic mass is 10.1. The Kier molecular flexibility index (Phi) is 5.09. The molecule has 0 radical (unpaired) electrons. The Morgan fingerprint density at radius 3 is 2.79 bits per heavy atom. The van der Waals surface area contributed by atoms with Gasteiger partial charge in [0.05, 0.1) is 5.02 Å². The molecular weight excluding hydrogens is 307 g/mol. The summed E-state index contributed by atoms with van der Waals surface area (Å²) >= 11 is 11.8. The molecule has 0 bridgehead atoms. The molecule has 1 fully saturated rings. The molecule has 2 N–H and O–H groups in total. The van der Waals surface area contributed by atoms with E-state index in [0.29, 0.717) is 5.02 Å². The molecule has 0 aliphatic carbocycles. The molecular formula is C12H16Cl2N2O2S. The maximum atomic E-state index is 12.3. The molecule has 1 aromatic rings. The quantitative estimate of drug-likeness (QED) is 0.898. The largest absolute Gasteiger partial charge is 0.317 e. The molecule has 4 nitrogen and oxygen atoms in total. The fourth-order valence-corrected chi connectivity index (χ4v) is 4.17. The van der Waals surface area contributed by atoms with Crippen molar-refractivity contribution in [2.45, 2.75) is 30.2 Å². The van der Waals surface area contributed by atoms with Crippen LogP contribution in [0.5, 0.6) is 0 Å². The highest BCUT2D eigenvalue weighted by Crippen LogP contribution is 2.25. The van der Waals surface area contributed by atoms with Gasteiger partial charge >= 0.3 is 0 Å².